The minimum atomic E-state index is -0.472. The van der Waals surface area contributed by atoms with Crippen LogP contribution in [0.15, 0.2) is 0 Å². The molecule has 0 spiro atoms. The first-order valence-corrected chi connectivity index (χ1v) is 5.68. The fourth-order valence-electron chi connectivity index (χ4n) is 0.847. The van der Waals surface area contributed by atoms with Gasteiger partial charge in [0.2, 0.25) is 0 Å². The number of hydrogen-bond donors (Lipinski definition) is 0. The van der Waals surface area contributed by atoms with Crippen LogP contribution in [0, 0.1) is 0 Å². The van der Waals surface area contributed by atoms with Crippen molar-refractivity contribution in [3.05, 3.63) is 0 Å². The molecule has 0 fully saturated rings. The van der Waals surface area contributed by atoms with Crippen LogP contribution in [0.2, 0.25) is 6.04 Å². The Hall–Kier alpha value is -0.393. The van der Waals surface area contributed by atoms with Gasteiger partial charge in [0.25, 0.3) is 0 Å². The summed E-state index contributed by atoms with van der Waals surface area (Å²) in [5.41, 5.74) is 0. The summed E-state index contributed by atoms with van der Waals surface area (Å²) < 4.78 is 14.5. The molecule has 0 aliphatic carbocycles. The van der Waals surface area contributed by atoms with Gasteiger partial charge >= 0.3 is 5.97 Å². The van der Waals surface area contributed by atoms with Crippen molar-refractivity contribution >= 4 is 15.5 Å². The van der Waals surface area contributed by atoms with E-state index < -0.39 is 9.52 Å². The highest BCUT2D eigenvalue weighted by atomic mass is 28.2. The molecular formula is C7H16O4Si. The highest BCUT2D eigenvalue weighted by Gasteiger charge is 2.07. The lowest BCUT2D eigenvalue weighted by molar-refractivity contribution is -0.140. The van der Waals surface area contributed by atoms with Gasteiger partial charge in [-0.25, -0.2) is 0 Å². The third-order valence-electron chi connectivity index (χ3n) is 1.57. The van der Waals surface area contributed by atoms with Gasteiger partial charge in [0, 0.05) is 20.6 Å². The second-order valence-corrected chi connectivity index (χ2v) is 4.32. The van der Waals surface area contributed by atoms with Crippen molar-refractivity contribution in [3.63, 3.8) is 0 Å². The summed E-state index contributed by atoms with van der Waals surface area (Å²) in [7, 11) is 4.15. The monoisotopic (exact) mass is 192 g/mol. The summed E-state index contributed by atoms with van der Waals surface area (Å²) in [4.78, 5) is 10.7. The van der Waals surface area contributed by atoms with Crippen LogP contribution in [-0.2, 0) is 19.0 Å². The Morgan fingerprint density at radius 1 is 1.33 bits per heavy atom. The second kappa shape index (κ2) is 7.27. The molecule has 72 valence electrons. The van der Waals surface area contributed by atoms with Gasteiger partial charge in [-0.3, -0.25) is 4.79 Å². The molecular weight excluding hydrogens is 176 g/mol. The van der Waals surface area contributed by atoms with Gasteiger partial charge in [0.1, 0.15) is 5.91 Å². The van der Waals surface area contributed by atoms with E-state index in [4.69, 9.17) is 9.47 Å². The molecule has 0 rings (SSSR count). The summed E-state index contributed by atoms with van der Waals surface area (Å²) in [6.45, 7) is 0. The van der Waals surface area contributed by atoms with Crippen LogP contribution in [0.1, 0.15) is 6.42 Å². The maximum absolute atomic E-state index is 10.7. The van der Waals surface area contributed by atoms with Crippen molar-refractivity contribution in [2.45, 2.75) is 18.4 Å². The predicted octanol–water partition coefficient (Wildman–Crippen LogP) is -0.287. The summed E-state index contributed by atoms with van der Waals surface area (Å²) in [6, 6.07) is 0.860. The van der Waals surface area contributed by atoms with Crippen molar-refractivity contribution in [2.75, 3.05) is 21.3 Å². The zero-order valence-electron chi connectivity index (χ0n) is 7.83. The van der Waals surface area contributed by atoms with Gasteiger partial charge in [-0.15, -0.1) is 0 Å². The molecule has 0 aromatic heterocycles. The normalized spacial score (nSPS) is 11.3. The number of rotatable bonds is 6. The standard InChI is InChI=1S/C7H16O4Si/c1-9-6(8)4-5-12-7(10-2)11-3/h7H,4-5,12H2,1-3H3. The lowest BCUT2D eigenvalue weighted by Gasteiger charge is -2.11. The molecule has 0 bridgehead atoms. The van der Waals surface area contributed by atoms with E-state index >= 15 is 0 Å². The number of ether oxygens (including phenoxy) is 3. The number of methoxy groups -OCH3 is 3. The maximum Gasteiger partial charge on any atom is 0.305 e. The van der Waals surface area contributed by atoms with Gasteiger partial charge in [0.15, 0.2) is 0 Å². The van der Waals surface area contributed by atoms with Crippen molar-refractivity contribution in [2.24, 2.45) is 0 Å². The van der Waals surface area contributed by atoms with Gasteiger partial charge in [-0.1, -0.05) is 0 Å². The van der Waals surface area contributed by atoms with Crippen LogP contribution in [0.3, 0.4) is 0 Å². The Labute approximate surface area is 75.0 Å². The first-order valence-electron chi connectivity index (χ1n) is 3.87. The largest absolute Gasteiger partial charge is 0.469 e. The van der Waals surface area contributed by atoms with Gasteiger partial charge in [0.05, 0.1) is 16.6 Å². The molecule has 0 N–H and O–H groups in total. The zero-order chi connectivity index (χ0) is 9.40. The van der Waals surface area contributed by atoms with Gasteiger partial charge in [-0.05, 0) is 6.04 Å². The highest BCUT2D eigenvalue weighted by Crippen LogP contribution is 1.97. The number of hydrogen-bond acceptors (Lipinski definition) is 4. The first kappa shape index (κ1) is 11.6. The fraction of sp³-hybridized carbons (Fsp3) is 0.857. The van der Waals surface area contributed by atoms with E-state index in [2.05, 4.69) is 4.74 Å². The molecule has 0 unspecified atom stereocenters. The Bertz CT molecular complexity index is 125. The summed E-state index contributed by atoms with van der Waals surface area (Å²) in [6.07, 6.45) is 0.478. The average Bonchev–Trinajstić information content (AvgIpc) is 2.12. The summed E-state index contributed by atoms with van der Waals surface area (Å²) >= 11 is 0. The molecule has 0 aliphatic rings. The van der Waals surface area contributed by atoms with Crippen LogP contribution in [0.25, 0.3) is 0 Å². The van der Waals surface area contributed by atoms with Crippen LogP contribution in [-0.4, -0.2) is 42.7 Å². The predicted molar refractivity (Wildman–Crippen MR) is 47.8 cm³/mol. The molecule has 4 nitrogen and oxygen atoms in total. The van der Waals surface area contributed by atoms with E-state index in [1.807, 2.05) is 0 Å². The lowest BCUT2D eigenvalue weighted by atomic mass is 10.5. The maximum atomic E-state index is 10.7. The molecule has 0 heterocycles. The Morgan fingerprint density at radius 3 is 2.33 bits per heavy atom. The highest BCUT2D eigenvalue weighted by molar-refractivity contribution is 6.36. The molecule has 0 atom stereocenters. The Balaban J connectivity index is 3.34. The Morgan fingerprint density at radius 2 is 1.92 bits per heavy atom. The molecule has 0 amide bonds. The van der Waals surface area contributed by atoms with E-state index in [1.165, 1.54) is 7.11 Å². The molecule has 0 aromatic rings. The number of carbonyl (C=O) groups excluding carboxylic acids is 1. The molecule has 0 aliphatic heterocycles. The van der Waals surface area contributed by atoms with Crippen molar-refractivity contribution in [3.8, 4) is 0 Å². The summed E-state index contributed by atoms with van der Waals surface area (Å²) in [5.74, 6) is -0.233. The number of carbonyl (C=O) groups is 1. The minimum Gasteiger partial charge on any atom is -0.469 e. The smallest absolute Gasteiger partial charge is 0.305 e. The SMILES string of the molecule is COC(=O)CC[SiH2]C(OC)OC. The van der Waals surface area contributed by atoms with E-state index in [0.29, 0.717) is 6.42 Å². The third-order valence-corrected chi connectivity index (χ3v) is 3.47. The molecule has 12 heavy (non-hydrogen) atoms. The molecule has 5 heteroatoms. The lowest BCUT2D eigenvalue weighted by Crippen LogP contribution is -2.21. The van der Waals surface area contributed by atoms with E-state index in [0.717, 1.165) is 6.04 Å². The van der Waals surface area contributed by atoms with Crippen LogP contribution >= 0.6 is 0 Å². The van der Waals surface area contributed by atoms with Gasteiger partial charge in [-0.2, -0.15) is 0 Å². The topological polar surface area (TPSA) is 44.8 Å². The Kier molecular flexibility index (Phi) is 7.03. The molecule has 0 radical (unpaired) electrons. The van der Waals surface area contributed by atoms with E-state index in [1.54, 1.807) is 14.2 Å². The first-order chi connectivity index (χ1) is 5.74. The van der Waals surface area contributed by atoms with E-state index in [-0.39, 0.29) is 11.9 Å². The minimum absolute atomic E-state index is 0.0744. The third kappa shape index (κ3) is 5.28. The molecule has 0 saturated heterocycles. The van der Waals surface area contributed by atoms with Gasteiger partial charge < -0.3 is 14.2 Å². The average molecular weight is 192 g/mol. The van der Waals surface area contributed by atoms with Crippen LogP contribution in [0.4, 0.5) is 0 Å². The molecule has 0 saturated carbocycles. The fourth-order valence-corrected chi connectivity index (χ4v) is 2.14. The molecule has 0 aromatic carbocycles. The summed E-state index contributed by atoms with van der Waals surface area (Å²) in [5, 5.41) is 0. The quantitative estimate of drug-likeness (QED) is 0.330. The van der Waals surface area contributed by atoms with Crippen LogP contribution < -0.4 is 0 Å². The van der Waals surface area contributed by atoms with E-state index in [9.17, 15) is 4.79 Å². The van der Waals surface area contributed by atoms with Crippen molar-refractivity contribution in [1.29, 1.82) is 0 Å². The van der Waals surface area contributed by atoms with Crippen molar-refractivity contribution in [1.82, 2.24) is 0 Å². The van der Waals surface area contributed by atoms with Crippen LogP contribution in [0.5, 0.6) is 0 Å². The number of esters is 1. The second-order valence-electron chi connectivity index (χ2n) is 2.37. The van der Waals surface area contributed by atoms with Crippen molar-refractivity contribution < 1.29 is 19.0 Å². The zero-order valence-corrected chi connectivity index (χ0v) is 9.25.